The van der Waals surface area contributed by atoms with Gasteiger partial charge in [-0.1, -0.05) is 141 Å². The van der Waals surface area contributed by atoms with Crippen molar-refractivity contribution in [1.29, 1.82) is 0 Å². The minimum absolute atomic E-state index is 0.866. The Bertz CT molecular complexity index is 2890. The first-order valence-corrected chi connectivity index (χ1v) is 21.1. The number of hydrogen-bond donors (Lipinski definition) is 1. The molecule has 0 amide bonds. The van der Waals surface area contributed by atoms with Crippen LogP contribution in [0, 0.1) is 5.92 Å². The highest BCUT2D eigenvalue weighted by Gasteiger charge is 2.17. The number of benzene rings is 5. The third-order valence-electron chi connectivity index (χ3n) is 12.0. The molecule has 3 heteroatoms. The van der Waals surface area contributed by atoms with Gasteiger partial charge in [-0.05, 0) is 129 Å². The summed E-state index contributed by atoms with van der Waals surface area (Å²) in [6.45, 7) is 12.5. The molecule has 0 saturated heterocycles. The van der Waals surface area contributed by atoms with Crippen LogP contribution in [0.5, 0.6) is 0 Å². The van der Waals surface area contributed by atoms with Crippen LogP contribution in [0.15, 0.2) is 198 Å². The Labute approximate surface area is 349 Å². The Morgan fingerprint density at radius 2 is 1.47 bits per heavy atom. The minimum Gasteiger partial charge on any atom is -0.456 e. The number of hydrogen-bond acceptors (Lipinski definition) is 2. The third kappa shape index (κ3) is 8.24. The number of allylic oxidation sites excluding steroid dienone is 14. The van der Waals surface area contributed by atoms with Crippen molar-refractivity contribution < 1.29 is 4.42 Å². The van der Waals surface area contributed by atoms with Crippen LogP contribution in [0.3, 0.4) is 0 Å². The fraction of sp³-hybridized carbons (Fsp3) is 0.179. The molecule has 1 aliphatic rings. The van der Waals surface area contributed by atoms with Crippen LogP contribution in [-0.2, 0) is 0 Å². The van der Waals surface area contributed by atoms with E-state index in [4.69, 9.17) is 4.42 Å². The average molecular weight is 771 g/mol. The Balaban J connectivity index is 1.15. The van der Waals surface area contributed by atoms with E-state index in [2.05, 4.69) is 190 Å². The van der Waals surface area contributed by atoms with Crippen LogP contribution in [0.25, 0.3) is 66.1 Å². The number of nitrogens with one attached hydrogen (secondary N) is 1. The summed E-state index contributed by atoms with van der Waals surface area (Å²) in [5.41, 5.74) is 14.5. The van der Waals surface area contributed by atoms with E-state index in [0.717, 1.165) is 68.0 Å². The fourth-order valence-electron chi connectivity index (χ4n) is 8.27. The van der Waals surface area contributed by atoms with Crippen LogP contribution >= 0.6 is 0 Å². The van der Waals surface area contributed by atoms with Crippen molar-refractivity contribution in [2.24, 2.45) is 5.92 Å². The van der Waals surface area contributed by atoms with Crippen LogP contribution in [0.4, 0.5) is 5.69 Å². The lowest BCUT2D eigenvalue weighted by Crippen LogP contribution is -2.08. The summed E-state index contributed by atoms with van der Waals surface area (Å²) in [5.74, 6) is 0.895. The predicted molar refractivity (Wildman–Crippen MR) is 256 cm³/mol. The SMILES string of the molecule is C=C/C=C\C(=C/C)c1cc(-c2ccc3c(c2)c2ccccc2n3-c2ccc3oc4ccccc4c3c2)ccc1NC(/C=C(C/C=C\C=C/CC1CCC1)\C(C)=C/C)=C/C. The summed E-state index contributed by atoms with van der Waals surface area (Å²) >= 11 is 0. The number of aromatic nitrogens is 1. The topological polar surface area (TPSA) is 30.1 Å². The molecule has 2 heterocycles. The van der Waals surface area contributed by atoms with E-state index in [-0.39, 0.29) is 0 Å². The van der Waals surface area contributed by atoms with Gasteiger partial charge in [0.15, 0.2) is 0 Å². The summed E-state index contributed by atoms with van der Waals surface area (Å²) in [5, 5.41) is 8.51. The fourth-order valence-corrected chi connectivity index (χ4v) is 8.27. The average Bonchev–Trinajstić information content (AvgIpc) is 3.80. The maximum Gasteiger partial charge on any atom is 0.135 e. The molecular weight excluding hydrogens is 717 g/mol. The summed E-state index contributed by atoms with van der Waals surface area (Å²) in [4.78, 5) is 0. The van der Waals surface area contributed by atoms with Gasteiger partial charge in [0.25, 0.3) is 0 Å². The van der Waals surface area contributed by atoms with E-state index in [9.17, 15) is 0 Å². The van der Waals surface area contributed by atoms with Gasteiger partial charge in [-0.25, -0.2) is 0 Å². The smallest absolute Gasteiger partial charge is 0.135 e. The molecule has 0 spiro atoms. The highest BCUT2D eigenvalue weighted by atomic mass is 16.3. The second kappa shape index (κ2) is 17.9. The normalized spacial score (nSPS) is 14.9. The van der Waals surface area contributed by atoms with Gasteiger partial charge in [0, 0.05) is 44.2 Å². The summed E-state index contributed by atoms with van der Waals surface area (Å²) < 4.78 is 8.56. The van der Waals surface area contributed by atoms with Gasteiger partial charge in [-0.3, -0.25) is 0 Å². The maximum atomic E-state index is 6.18. The molecule has 1 aliphatic carbocycles. The molecular formula is C56H54N2O. The van der Waals surface area contributed by atoms with Crippen LogP contribution in [0.2, 0.25) is 0 Å². The first-order valence-electron chi connectivity index (χ1n) is 21.1. The van der Waals surface area contributed by atoms with Crippen molar-refractivity contribution in [3.63, 3.8) is 0 Å². The van der Waals surface area contributed by atoms with Crippen molar-refractivity contribution in [2.45, 2.75) is 59.8 Å². The maximum absolute atomic E-state index is 6.18. The van der Waals surface area contributed by atoms with E-state index >= 15 is 0 Å². The third-order valence-corrected chi connectivity index (χ3v) is 12.0. The molecule has 294 valence electrons. The molecule has 1 saturated carbocycles. The van der Waals surface area contributed by atoms with Crippen LogP contribution in [0.1, 0.15) is 65.4 Å². The molecule has 2 aromatic heterocycles. The lowest BCUT2D eigenvalue weighted by Gasteiger charge is -2.23. The molecule has 0 radical (unpaired) electrons. The number of para-hydroxylation sites is 2. The Hall–Kier alpha value is -6.58. The Kier molecular flexibility index (Phi) is 11.9. The van der Waals surface area contributed by atoms with Crippen molar-refractivity contribution in [1.82, 2.24) is 4.57 Å². The van der Waals surface area contributed by atoms with Crippen molar-refractivity contribution >= 4 is 55.0 Å². The monoisotopic (exact) mass is 770 g/mol. The molecule has 8 rings (SSSR count). The van der Waals surface area contributed by atoms with Gasteiger partial charge >= 0.3 is 0 Å². The van der Waals surface area contributed by atoms with Gasteiger partial charge in [0.1, 0.15) is 11.2 Å². The summed E-state index contributed by atoms with van der Waals surface area (Å²) in [7, 11) is 0. The largest absolute Gasteiger partial charge is 0.456 e. The van der Waals surface area contributed by atoms with Crippen molar-refractivity contribution in [2.75, 3.05) is 5.32 Å². The molecule has 0 bridgehead atoms. The molecule has 0 unspecified atom stereocenters. The molecule has 1 N–H and O–H groups in total. The number of nitrogens with zero attached hydrogens (tertiary/aromatic N) is 1. The van der Waals surface area contributed by atoms with E-state index in [0.29, 0.717) is 0 Å². The Morgan fingerprint density at radius 1 is 0.729 bits per heavy atom. The van der Waals surface area contributed by atoms with Gasteiger partial charge in [0.2, 0.25) is 0 Å². The second-order valence-electron chi connectivity index (χ2n) is 15.6. The first kappa shape index (κ1) is 39.3. The molecule has 0 aliphatic heterocycles. The first-order chi connectivity index (χ1) is 29.0. The predicted octanol–water partition coefficient (Wildman–Crippen LogP) is 16.4. The lowest BCUT2D eigenvalue weighted by molar-refractivity contribution is 0.319. The molecule has 5 aromatic carbocycles. The summed E-state index contributed by atoms with van der Waals surface area (Å²) in [6, 6.07) is 37.2. The minimum atomic E-state index is 0.866. The zero-order chi connectivity index (χ0) is 40.7. The van der Waals surface area contributed by atoms with Gasteiger partial charge in [-0.2, -0.15) is 0 Å². The molecule has 0 atom stereocenters. The zero-order valence-corrected chi connectivity index (χ0v) is 34.8. The molecule has 59 heavy (non-hydrogen) atoms. The van der Waals surface area contributed by atoms with Crippen molar-refractivity contribution in [3.05, 3.63) is 199 Å². The molecule has 1 fully saturated rings. The van der Waals surface area contributed by atoms with Gasteiger partial charge in [0.05, 0.1) is 11.0 Å². The van der Waals surface area contributed by atoms with Gasteiger partial charge < -0.3 is 14.3 Å². The lowest BCUT2D eigenvalue weighted by atomic mass is 9.83. The highest BCUT2D eigenvalue weighted by Crippen LogP contribution is 2.39. The van der Waals surface area contributed by atoms with Gasteiger partial charge in [-0.15, -0.1) is 0 Å². The second-order valence-corrected chi connectivity index (χ2v) is 15.6. The van der Waals surface area contributed by atoms with E-state index < -0.39 is 0 Å². The quantitative estimate of drug-likeness (QED) is 0.112. The highest BCUT2D eigenvalue weighted by molar-refractivity contribution is 6.11. The Morgan fingerprint density at radius 3 is 2.25 bits per heavy atom. The summed E-state index contributed by atoms with van der Waals surface area (Å²) in [6.07, 6.45) is 30.1. The van der Waals surface area contributed by atoms with E-state index in [1.165, 1.54) is 64.2 Å². The molecule has 7 aromatic rings. The van der Waals surface area contributed by atoms with Crippen molar-refractivity contribution in [3.8, 4) is 16.8 Å². The van der Waals surface area contributed by atoms with Crippen LogP contribution < -0.4 is 5.32 Å². The number of furan rings is 1. The zero-order valence-electron chi connectivity index (χ0n) is 34.8. The molecule has 3 nitrogen and oxygen atoms in total. The number of fused-ring (bicyclic) bond motifs is 6. The standard InChI is InChI=1S/C56H54N2O/c1-6-10-23-41(8-3)49-36-43(29-32-52(49)57-45(9-4)35-42(39(5)7-2)24-14-12-11-13-20-40-21-19-22-40)44-30-33-54-50(37-44)47-25-15-17-27-53(47)58(54)46-31-34-56-51(38-46)48-26-16-18-28-55(48)59-56/h6-18,23,25-38,40,57H,1,19-22,24H2,2-5H3/b13-11-,14-12-,23-10-,39-7-,41-8+,42-35-,45-9+. The number of rotatable bonds is 14. The van der Waals surface area contributed by atoms with E-state index in [1.54, 1.807) is 0 Å². The number of anilines is 1. The van der Waals surface area contributed by atoms with E-state index in [1.807, 2.05) is 24.3 Å². The van der Waals surface area contributed by atoms with Crippen LogP contribution in [-0.4, -0.2) is 4.57 Å².